The number of carbonyl (C=O) groups is 2. The van der Waals surface area contributed by atoms with Gasteiger partial charge in [0.1, 0.15) is 6.04 Å². The molecule has 1 rings (SSSR count). The van der Waals surface area contributed by atoms with E-state index in [1.807, 2.05) is 0 Å². The van der Waals surface area contributed by atoms with Gasteiger partial charge in [-0.05, 0) is 0 Å². The third-order valence-corrected chi connectivity index (χ3v) is 3.00. The Balaban J connectivity index is 2.76. The molecule has 0 aromatic carbocycles. The summed E-state index contributed by atoms with van der Waals surface area (Å²) in [6.45, 7) is 4.61. The molecule has 7 heteroatoms. The van der Waals surface area contributed by atoms with Crippen LogP contribution in [0.15, 0.2) is 12.7 Å². The molecule has 108 valence electrons. The number of aliphatic carboxylic acids is 1. The van der Waals surface area contributed by atoms with Crippen LogP contribution < -0.4 is 0 Å². The minimum absolute atomic E-state index is 0.0381. The van der Waals surface area contributed by atoms with Gasteiger partial charge in [0.15, 0.2) is 0 Å². The van der Waals surface area contributed by atoms with Gasteiger partial charge in [0.05, 0.1) is 12.7 Å². The van der Waals surface area contributed by atoms with E-state index in [-0.39, 0.29) is 13.0 Å². The highest BCUT2D eigenvalue weighted by Gasteiger charge is 2.40. The SMILES string of the molecule is C=CCN(CCOC)C(=O)N1C[C@@H](O)C[C@H]1C(=O)O. The Bertz CT molecular complexity index is 347. The number of likely N-dealkylation sites (tertiary alicyclic amines) is 1. The Hall–Kier alpha value is -1.60. The van der Waals surface area contributed by atoms with E-state index in [9.17, 15) is 14.7 Å². The van der Waals surface area contributed by atoms with Crippen molar-refractivity contribution < 1.29 is 24.5 Å². The first kappa shape index (κ1) is 15.5. The monoisotopic (exact) mass is 272 g/mol. The fourth-order valence-corrected chi connectivity index (χ4v) is 2.06. The van der Waals surface area contributed by atoms with Crippen LogP contribution >= 0.6 is 0 Å². The van der Waals surface area contributed by atoms with E-state index >= 15 is 0 Å². The van der Waals surface area contributed by atoms with Crippen molar-refractivity contribution in [3.8, 4) is 0 Å². The number of hydrogen-bond donors (Lipinski definition) is 2. The third-order valence-electron chi connectivity index (χ3n) is 3.00. The first-order chi connectivity index (χ1) is 9.01. The second kappa shape index (κ2) is 7.10. The van der Waals surface area contributed by atoms with Gasteiger partial charge in [0.25, 0.3) is 0 Å². The summed E-state index contributed by atoms with van der Waals surface area (Å²) < 4.78 is 4.91. The van der Waals surface area contributed by atoms with Gasteiger partial charge >= 0.3 is 12.0 Å². The van der Waals surface area contributed by atoms with Crippen molar-refractivity contribution in [3.05, 3.63) is 12.7 Å². The van der Waals surface area contributed by atoms with Crippen LogP contribution in [0.1, 0.15) is 6.42 Å². The Kier molecular flexibility index (Phi) is 5.78. The first-order valence-electron chi connectivity index (χ1n) is 6.07. The van der Waals surface area contributed by atoms with Gasteiger partial charge in [-0.1, -0.05) is 6.08 Å². The number of ether oxygens (including phenoxy) is 1. The minimum Gasteiger partial charge on any atom is -0.480 e. The number of aliphatic hydroxyl groups excluding tert-OH is 1. The molecule has 19 heavy (non-hydrogen) atoms. The maximum Gasteiger partial charge on any atom is 0.326 e. The van der Waals surface area contributed by atoms with E-state index < -0.39 is 24.1 Å². The van der Waals surface area contributed by atoms with Crippen LogP contribution in [0.3, 0.4) is 0 Å². The second-order valence-electron chi connectivity index (χ2n) is 4.41. The number of nitrogens with zero attached hydrogens (tertiary/aromatic N) is 2. The van der Waals surface area contributed by atoms with Crippen LogP contribution in [0.5, 0.6) is 0 Å². The fourth-order valence-electron chi connectivity index (χ4n) is 2.06. The second-order valence-corrected chi connectivity index (χ2v) is 4.41. The quantitative estimate of drug-likeness (QED) is 0.651. The van der Waals surface area contributed by atoms with Crippen molar-refractivity contribution in [2.45, 2.75) is 18.6 Å². The van der Waals surface area contributed by atoms with E-state index in [1.54, 1.807) is 6.08 Å². The lowest BCUT2D eigenvalue weighted by Crippen LogP contribution is -2.49. The summed E-state index contributed by atoms with van der Waals surface area (Å²) in [5.41, 5.74) is 0. The van der Waals surface area contributed by atoms with Crippen molar-refractivity contribution >= 4 is 12.0 Å². The van der Waals surface area contributed by atoms with Gasteiger partial charge in [-0.2, -0.15) is 0 Å². The topological polar surface area (TPSA) is 90.3 Å². The van der Waals surface area contributed by atoms with E-state index in [1.165, 1.54) is 16.9 Å². The summed E-state index contributed by atoms with van der Waals surface area (Å²) in [7, 11) is 1.52. The molecule has 1 aliphatic rings. The number of hydrogen-bond acceptors (Lipinski definition) is 4. The van der Waals surface area contributed by atoms with Gasteiger partial charge in [-0.15, -0.1) is 6.58 Å². The smallest absolute Gasteiger partial charge is 0.326 e. The zero-order valence-electron chi connectivity index (χ0n) is 11.0. The molecule has 0 bridgehead atoms. The number of urea groups is 1. The molecule has 0 aromatic rings. The van der Waals surface area contributed by atoms with E-state index in [0.717, 1.165) is 0 Å². The molecule has 1 aliphatic heterocycles. The van der Waals surface area contributed by atoms with Gasteiger partial charge in [0.2, 0.25) is 0 Å². The predicted octanol–water partition coefficient (Wildman–Crippen LogP) is -0.239. The van der Waals surface area contributed by atoms with Crippen LogP contribution in [-0.4, -0.2) is 77.5 Å². The highest BCUT2D eigenvalue weighted by Crippen LogP contribution is 2.20. The number of amides is 2. The Labute approximate surface area is 112 Å². The number of β-amino-alcohol motifs (C(OH)–C–C–N with tert-alkyl or cyclic N) is 1. The van der Waals surface area contributed by atoms with Crippen molar-refractivity contribution in [3.63, 3.8) is 0 Å². The zero-order chi connectivity index (χ0) is 14.4. The standard InChI is InChI=1S/C12H20N2O5/c1-3-4-13(5-6-19-2)12(18)14-8-9(15)7-10(14)11(16)17/h3,9-10,15H,1,4-8H2,2H3,(H,16,17)/t9-,10-/m0/s1. The maximum absolute atomic E-state index is 12.3. The molecule has 7 nitrogen and oxygen atoms in total. The van der Waals surface area contributed by atoms with E-state index in [4.69, 9.17) is 9.84 Å². The minimum atomic E-state index is -1.10. The summed E-state index contributed by atoms with van der Waals surface area (Å²) >= 11 is 0. The highest BCUT2D eigenvalue weighted by atomic mass is 16.5. The number of methoxy groups -OCH3 is 1. The van der Waals surface area contributed by atoms with Crippen LogP contribution in [0.25, 0.3) is 0 Å². The van der Waals surface area contributed by atoms with Crippen LogP contribution in [0, 0.1) is 0 Å². The first-order valence-corrected chi connectivity index (χ1v) is 6.07. The van der Waals surface area contributed by atoms with Crippen molar-refractivity contribution in [1.29, 1.82) is 0 Å². The number of carboxylic acids is 1. The van der Waals surface area contributed by atoms with Gasteiger partial charge in [-0.25, -0.2) is 9.59 Å². The molecule has 1 saturated heterocycles. The fraction of sp³-hybridized carbons (Fsp3) is 0.667. The molecule has 2 amide bonds. The number of carboxylic acid groups (broad SMARTS) is 1. The zero-order valence-corrected chi connectivity index (χ0v) is 11.0. The number of carbonyl (C=O) groups excluding carboxylic acids is 1. The third kappa shape index (κ3) is 3.93. The summed E-state index contributed by atoms with van der Waals surface area (Å²) in [4.78, 5) is 26.0. The largest absolute Gasteiger partial charge is 0.480 e. The van der Waals surface area contributed by atoms with Crippen LogP contribution in [0.2, 0.25) is 0 Å². The van der Waals surface area contributed by atoms with Gasteiger partial charge in [0, 0.05) is 33.2 Å². The average Bonchev–Trinajstić information content (AvgIpc) is 2.76. The Morgan fingerprint density at radius 1 is 1.58 bits per heavy atom. The molecule has 0 saturated carbocycles. The summed E-state index contributed by atoms with van der Waals surface area (Å²) in [5, 5.41) is 18.6. The van der Waals surface area contributed by atoms with Crippen molar-refractivity contribution in [2.75, 3.05) is 33.4 Å². The number of aliphatic hydroxyl groups is 1. The molecule has 0 aromatic heterocycles. The molecule has 0 spiro atoms. The summed E-state index contributed by atoms with van der Waals surface area (Å²) in [6, 6.07) is -1.39. The molecule has 2 N–H and O–H groups in total. The summed E-state index contributed by atoms with van der Waals surface area (Å²) in [5.74, 6) is -1.10. The summed E-state index contributed by atoms with van der Waals surface area (Å²) in [6.07, 6.45) is 0.835. The number of rotatable bonds is 6. The normalized spacial score (nSPS) is 22.3. The molecule has 1 heterocycles. The predicted molar refractivity (Wildman–Crippen MR) is 67.8 cm³/mol. The lowest BCUT2D eigenvalue weighted by Gasteiger charge is -2.29. The maximum atomic E-state index is 12.3. The van der Waals surface area contributed by atoms with E-state index in [2.05, 4.69) is 6.58 Å². The average molecular weight is 272 g/mol. The lowest BCUT2D eigenvalue weighted by molar-refractivity contribution is -0.141. The Morgan fingerprint density at radius 3 is 2.79 bits per heavy atom. The van der Waals surface area contributed by atoms with Gasteiger partial charge in [-0.3, -0.25) is 0 Å². The molecule has 2 atom stereocenters. The molecular formula is C12H20N2O5. The molecule has 1 fully saturated rings. The highest BCUT2D eigenvalue weighted by molar-refractivity contribution is 5.83. The molecule has 0 aliphatic carbocycles. The van der Waals surface area contributed by atoms with Crippen LogP contribution in [-0.2, 0) is 9.53 Å². The molecule has 0 radical (unpaired) electrons. The Morgan fingerprint density at radius 2 is 2.26 bits per heavy atom. The molecular weight excluding hydrogens is 252 g/mol. The van der Waals surface area contributed by atoms with Crippen molar-refractivity contribution in [1.82, 2.24) is 9.80 Å². The van der Waals surface area contributed by atoms with Crippen molar-refractivity contribution in [2.24, 2.45) is 0 Å². The molecule has 0 unspecified atom stereocenters. The van der Waals surface area contributed by atoms with E-state index in [0.29, 0.717) is 19.7 Å². The van der Waals surface area contributed by atoms with Crippen LogP contribution in [0.4, 0.5) is 4.79 Å². The van der Waals surface area contributed by atoms with Gasteiger partial charge < -0.3 is 24.7 Å². The lowest BCUT2D eigenvalue weighted by atomic mass is 10.2.